The zero-order chi connectivity index (χ0) is 60.1. The Morgan fingerprint density at radius 2 is 0.467 bits per heavy atom. The van der Waals surface area contributed by atoms with Gasteiger partial charge in [-0.1, -0.05) is 237 Å². The lowest BCUT2D eigenvalue weighted by Crippen LogP contribution is -2.29. The van der Waals surface area contributed by atoms with Crippen molar-refractivity contribution < 1.29 is 0 Å². The summed E-state index contributed by atoms with van der Waals surface area (Å²) in [7, 11) is 0. The predicted molar refractivity (Wildman–Crippen MR) is 378 cm³/mol. The van der Waals surface area contributed by atoms with E-state index in [0.717, 1.165) is 96.9 Å². The molecule has 4 heteroatoms. The van der Waals surface area contributed by atoms with Gasteiger partial charge in [-0.2, -0.15) is 0 Å². The van der Waals surface area contributed by atoms with E-state index in [1.807, 2.05) is 0 Å². The lowest BCUT2D eigenvalue weighted by atomic mass is 9.67. The van der Waals surface area contributed by atoms with E-state index in [0.29, 0.717) is 0 Å². The first-order valence-corrected chi connectivity index (χ1v) is 31.0. The summed E-state index contributed by atoms with van der Waals surface area (Å²) < 4.78 is 0. The van der Waals surface area contributed by atoms with Crippen LogP contribution in [0.5, 0.6) is 0 Å². The number of allylic oxidation sites excluding steroid dienone is 5. The Hall–Kier alpha value is -11.7. The minimum absolute atomic E-state index is 0.604. The number of nitrogens with zero attached hydrogens (tertiary/aromatic N) is 4. The van der Waals surface area contributed by atoms with Crippen LogP contribution in [0, 0.1) is 0 Å². The molecule has 13 aromatic rings. The Labute approximate surface area is 528 Å². The van der Waals surface area contributed by atoms with Gasteiger partial charge in [0.15, 0.2) is 0 Å². The molecule has 0 N–H and O–H groups in total. The quantitative estimate of drug-likeness (QED) is 0.0956. The van der Waals surface area contributed by atoms with Crippen molar-refractivity contribution in [3.63, 3.8) is 0 Å². The molecule has 15 rings (SSSR count). The molecule has 0 atom stereocenters. The summed E-state index contributed by atoms with van der Waals surface area (Å²) in [5.41, 5.74) is 24.8. The molecular weight excluding hydrogens is 1090 g/mol. The fraction of sp³-hybridized carbons (Fsp3) is 0.0233. The molecular formula is C86H64N4. The van der Waals surface area contributed by atoms with E-state index >= 15 is 0 Å². The Bertz CT molecular complexity index is 4540. The zero-order valence-corrected chi connectivity index (χ0v) is 49.8. The normalized spacial score (nSPS) is 12.8. The van der Waals surface area contributed by atoms with E-state index in [9.17, 15) is 0 Å². The minimum Gasteiger partial charge on any atom is -0.311 e. The average molecular weight is 1150 g/mol. The molecule has 0 unspecified atom stereocenters. The van der Waals surface area contributed by atoms with Gasteiger partial charge in [-0.3, -0.25) is 0 Å². The second-order valence-corrected chi connectivity index (χ2v) is 22.8. The molecule has 4 nitrogen and oxygen atoms in total. The van der Waals surface area contributed by atoms with Gasteiger partial charge >= 0.3 is 0 Å². The van der Waals surface area contributed by atoms with Crippen LogP contribution in [-0.4, -0.2) is 0 Å². The molecule has 0 spiro atoms. The lowest BCUT2D eigenvalue weighted by molar-refractivity contribution is 0.763. The zero-order valence-electron chi connectivity index (χ0n) is 49.8. The summed E-state index contributed by atoms with van der Waals surface area (Å²) in [6, 6.07) is 127. The molecule has 0 heterocycles. The fourth-order valence-corrected chi connectivity index (χ4v) is 13.4. The molecule has 13 aromatic carbocycles. The Morgan fingerprint density at radius 1 is 0.211 bits per heavy atom. The van der Waals surface area contributed by atoms with Crippen molar-refractivity contribution in [3.8, 4) is 33.4 Å². The van der Waals surface area contributed by atoms with E-state index in [4.69, 9.17) is 0 Å². The summed E-state index contributed by atoms with van der Waals surface area (Å²) in [5.74, 6) is 0. The maximum atomic E-state index is 2.46. The predicted octanol–water partition coefficient (Wildman–Crippen LogP) is 23.4. The second kappa shape index (κ2) is 24.6. The van der Waals surface area contributed by atoms with Gasteiger partial charge < -0.3 is 19.6 Å². The highest BCUT2D eigenvalue weighted by molar-refractivity contribution is 5.88. The molecule has 0 saturated carbocycles. The van der Waals surface area contributed by atoms with Crippen LogP contribution in [-0.2, 0) is 5.41 Å². The smallest absolute Gasteiger partial charge is 0.0710 e. The third kappa shape index (κ3) is 10.5. The molecule has 2 aliphatic rings. The van der Waals surface area contributed by atoms with E-state index in [1.54, 1.807) is 0 Å². The van der Waals surface area contributed by atoms with Gasteiger partial charge in [-0.05, 0) is 202 Å². The largest absolute Gasteiger partial charge is 0.311 e. The molecule has 0 bridgehead atoms. The highest BCUT2D eigenvalue weighted by Gasteiger charge is 2.46. The Balaban J connectivity index is 0.745. The standard InChI is InChI=1S/C86H64N4/c1-7-25-70(26-8-1)87(71-27-9-2-10-28-71)77-53-42-64(43-54-77)66-46-57-79(58-47-66)89(74-33-15-5-16-34-74)76-37-23-24-68(50-61-76)86(84-40-21-19-38-82(84)83-39-20-22-41-85(83)86)69-51-62-81(63-52-69)90(75-35-17-6-18-36-75)80-59-48-67(49-60-80)65-44-55-78(56-45-65)88(72-29-11-3-12-30-72)73-31-13-4-14-32-73/h1-22,24-63H,23H2. The maximum absolute atomic E-state index is 2.46. The third-order valence-electron chi connectivity index (χ3n) is 17.6. The van der Waals surface area contributed by atoms with Crippen LogP contribution < -0.4 is 19.6 Å². The van der Waals surface area contributed by atoms with Gasteiger partial charge in [0, 0.05) is 68.3 Å². The summed E-state index contributed by atoms with van der Waals surface area (Å²) >= 11 is 0. The fourth-order valence-electron chi connectivity index (χ4n) is 13.4. The van der Waals surface area contributed by atoms with E-state index < -0.39 is 5.41 Å². The first kappa shape index (κ1) is 54.9. The third-order valence-corrected chi connectivity index (χ3v) is 17.6. The number of para-hydroxylation sites is 6. The highest BCUT2D eigenvalue weighted by Crippen LogP contribution is 2.57. The first-order valence-electron chi connectivity index (χ1n) is 31.0. The Morgan fingerprint density at radius 3 is 0.789 bits per heavy atom. The number of hydrogen-bond acceptors (Lipinski definition) is 4. The SMILES string of the molecule is C1=CC(C2(c3ccc(N(c4ccccc4)c4ccc(-c5ccc(N(c6ccccc6)c6ccccc6)cc5)cc4)cc3)c3ccccc3-c3ccccc32)=CCC=C1N(c1ccccc1)c1ccc(-c2ccc(N(c3ccccc3)c3ccccc3)cc2)cc1. The molecule has 0 radical (unpaired) electrons. The second-order valence-electron chi connectivity index (χ2n) is 22.8. The topological polar surface area (TPSA) is 13.0 Å². The molecule has 0 amide bonds. The monoisotopic (exact) mass is 1150 g/mol. The van der Waals surface area contributed by atoms with Crippen LogP contribution >= 0.6 is 0 Å². The summed E-state index contributed by atoms with van der Waals surface area (Å²) in [6.45, 7) is 0. The van der Waals surface area contributed by atoms with Gasteiger partial charge in [0.05, 0.1) is 5.41 Å². The van der Waals surface area contributed by atoms with Crippen LogP contribution in [0.3, 0.4) is 0 Å². The van der Waals surface area contributed by atoms with Crippen LogP contribution in [0.25, 0.3) is 33.4 Å². The molecule has 0 aromatic heterocycles. The summed E-state index contributed by atoms with van der Waals surface area (Å²) in [5, 5.41) is 0. The summed E-state index contributed by atoms with van der Waals surface area (Å²) in [4.78, 5) is 9.36. The lowest BCUT2D eigenvalue weighted by Gasteiger charge is -2.35. The van der Waals surface area contributed by atoms with Crippen molar-refractivity contribution in [2.45, 2.75) is 11.8 Å². The maximum Gasteiger partial charge on any atom is 0.0710 e. The number of rotatable bonds is 16. The van der Waals surface area contributed by atoms with Gasteiger partial charge in [0.1, 0.15) is 0 Å². The molecule has 0 aliphatic heterocycles. The number of benzene rings is 13. The molecule has 2 aliphatic carbocycles. The van der Waals surface area contributed by atoms with Crippen molar-refractivity contribution in [1.29, 1.82) is 0 Å². The number of fused-ring (bicyclic) bond motifs is 3. The number of hydrogen-bond donors (Lipinski definition) is 0. The average Bonchev–Trinajstić information content (AvgIpc) is 1.54. The van der Waals surface area contributed by atoms with Gasteiger partial charge in [-0.25, -0.2) is 0 Å². The van der Waals surface area contributed by atoms with Gasteiger partial charge in [-0.15, -0.1) is 0 Å². The van der Waals surface area contributed by atoms with Crippen molar-refractivity contribution in [3.05, 3.63) is 404 Å². The van der Waals surface area contributed by atoms with Crippen LogP contribution in [0.15, 0.2) is 387 Å². The molecule has 0 fully saturated rings. The minimum atomic E-state index is -0.604. The van der Waals surface area contributed by atoms with Gasteiger partial charge in [0.2, 0.25) is 0 Å². The summed E-state index contributed by atoms with van der Waals surface area (Å²) in [6.07, 6.45) is 10.3. The Kier molecular flexibility index (Phi) is 15.0. The van der Waals surface area contributed by atoms with Crippen molar-refractivity contribution in [2.75, 3.05) is 19.6 Å². The molecule has 0 saturated heterocycles. The first-order chi connectivity index (χ1) is 44.7. The van der Waals surface area contributed by atoms with E-state index in [-0.39, 0.29) is 0 Å². The highest BCUT2D eigenvalue weighted by atomic mass is 15.2. The molecule has 90 heavy (non-hydrogen) atoms. The van der Waals surface area contributed by atoms with Crippen molar-refractivity contribution in [1.82, 2.24) is 0 Å². The van der Waals surface area contributed by atoms with Crippen LogP contribution in [0.4, 0.5) is 62.6 Å². The van der Waals surface area contributed by atoms with Crippen LogP contribution in [0.2, 0.25) is 0 Å². The van der Waals surface area contributed by atoms with E-state index in [2.05, 4.69) is 396 Å². The van der Waals surface area contributed by atoms with E-state index in [1.165, 1.54) is 33.4 Å². The van der Waals surface area contributed by atoms with Crippen molar-refractivity contribution >= 4 is 62.6 Å². The van der Waals surface area contributed by atoms with Crippen LogP contribution in [0.1, 0.15) is 23.1 Å². The molecule has 428 valence electrons. The number of anilines is 11. The van der Waals surface area contributed by atoms with Gasteiger partial charge in [0.25, 0.3) is 0 Å². The van der Waals surface area contributed by atoms with Crippen molar-refractivity contribution in [2.24, 2.45) is 0 Å².